The Morgan fingerprint density at radius 3 is 2.92 bits per heavy atom. The molecule has 3 nitrogen and oxygen atoms in total. The van der Waals surface area contributed by atoms with Crippen molar-refractivity contribution in [2.45, 2.75) is 19.4 Å². The summed E-state index contributed by atoms with van der Waals surface area (Å²) in [6.45, 7) is 2.00. The number of rotatable bonds is 0. The number of nitrogens with zero attached hydrogens (tertiary/aromatic N) is 1. The van der Waals surface area contributed by atoms with Crippen LogP contribution in [0.25, 0.3) is 6.08 Å². The van der Waals surface area contributed by atoms with E-state index in [9.17, 15) is 10.2 Å². The predicted octanol–water partition coefficient (Wildman–Crippen LogP) is 0.290. The molecule has 0 bridgehead atoms. The van der Waals surface area contributed by atoms with E-state index in [1.54, 1.807) is 6.07 Å². The monoisotopic (exact) mass is 177 g/mol. The van der Waals surface area contributed by atoms with Gasteiger partial charge in [-0.3, -0.25) is 4.99 Å². The van der Waals surface area contributed by atoms with Gasteiger partial charge in [-0.1, -0.05) is 6.08 Å². The van der Waals surface area contributed by atoms with Crippen LogP contribution in [0.15, 0.2) is 17.1 Å². The van der Waals surface area contributed by atoms with Crippen molar-refractivity contribution in [1.29, 1.82) is 0 Å². The van der Waals surface area contributed by atoms with E-state index in [1.807, 2.05) is 13.0 Å². The van der Waals surface area contributed by atoms with Crippen LogP contribution in [0.3, 0.4) is 0 Å². The summed E-state index contributed by atoms with van der Waals surface area (Å²) in [5, 5.41) is 20.1. The molecule has 0 saturated carbocycles. The first-order valence-electron chi connectivity index (χ1n) is 4.27. The van der Waals surface area contributed by atoms with Gasteiger partial charge in [0.15, 0.2) is 0 Å². The first-order valence-corrected chi connectivity index (χ1v) is 4.27. The number of hydrogen-bond donors (Lipinski definition) is 2. The van der Waals surface area contributed by atoms with Crippen LogP contribution in [0.2, 0.25) is 0 Å². The second-order valence-electron chi connectivity index (χ2n) is 3.32. The summed E-state index contributed by atoms with van der Waals surface area (Å²) in [6, 6.07) is 3.14. The van der Waals surface area contributed by atoms with Gasteiger partial charge in [-0.05, 0) is 13.3 Å². The quantitative estimate of drug-likeness (QED) is 0.598. The first-order chi connectivity index (χ1) is 6.16. The number of aromatic hydroxyl groups is 2. The molecule has 0 amide bonds. The Balaban J connectivity index is 2.80. The van der Waals surface area contributed by atoms with Gasteiger partial charge in [0.25, 0.3) is 0 Å². The highest BCUT2D eigenvalue weighted by Crippen LogP contribution is 2.11. The number of hydrogen-bond acceptors (Lipinski definition) is 3. The molecule has 0 radical (unpaired) electrons. The highest BCUT2D eigenvalue weighted by molar-refractivity contribution is 5.40. The largest absolute Gasteiger partial charge is 0.508 e. The molecule has 0 aromatic heterocycles. The van der Waals surface area contributed by atoms with Crippen LogP contribution in [0.5, 0.6) is 11.5 Å². The number of phenolic OH excluding ortho intramolecular Hbond substituents is 2. The fourth-order valence-corrected chi connectivity index (χ4v) is 1.50. The standard InChI is InChI=1S/C10H11NO2/c1-6-2-3-8-9(11-6)4-7(12)5-10(8)13/h3-6,12-13H,2H2,1H3. The maximum Gasteiger partial charge on any atom is 0.128 e. The Kier molecular flexibility index (Phi) is 1.72. The van der Waals surface area contributed by atoms with Gasteiger partial charge in [0.2, 0.25) is 0 Å². The maximum atomic E-state index is 9.47. The van der Waals surface area contributed by atoms with Gasteiger partial charge in [0, 0.05) is 17.4 Å². The Morgan fingerprint density at radius 1 is 1.38 bits per heavy atom. The van der Waals surface area contributed by atoms with E-state index >= 15 is 0 Å². The molecule has 2 N–H and O–H groups in total. The Hall–Kier alpha value is -1.51. The van der Waals surface area contributed by atoms with Gasteiger partial charge >= 0.3 is 0 Å². The molecule has 0 aliphatic carbocycles. The third-order valence-corrected chi connectivity index (χ3v) is 2.14. The fraction of sp³-hybridized carbons (Fsp3) is 0.300. The van der Waals surface area contributed by atoms with Crippen LogP contribution in [-0.2, 0) is 0 Å². The third kappa shape index (κ3) is 1.37. The van der Waals surface area contributed by atoms with Crippen LogP contribution in [0.1, 0.15) is 13.3 Å². The molecule has 0 spiro atoms. The van der Waals surface area contributed by atoms with Gasteiger partial charge in [0.05, 0.1) is 11.4 Å². The van der Waals surface area contributed by atoms with E-state index in [1.165, 1.54) is 6.07 Å². The van der Waals surface area contributed by atoms with Crippen molar-refractivity contribution < 1.29 is 10.2 Å². The molecule has 1 aromatic carbocycles. The molecule has 1 atom stereocenters. The lowest BCUT2D eigenvalue weighted by Gasteiger charge is -2.08. The molecule has 1 aliphatic heterocycles. The number of benzene rings is 1. The zero-order chi connectivity index (χ0) is 9.42. The second kappa shape index (κ2) is 2.76. The van der Waals surface area contributed by atoms with Gasteiger partial charge in [-0.2, -0.15) is 0 Å². The highest BCUT2D eigenvalue weighted by Gasteiger charge is 2.06. The molecule has 1 heterocycles. The molecular weight excluding hydrogens is 166 g/mol. The Morgan fingerprint density at radius 2 is 2.15 bits per heavy atom. The SMILES string of the molecule is CC1CC=c2c(O)cc(O)cc2=N1. The molecule has 1 aromatic rings. The van der Waals surface area contributed by atoms with E-state index in [-0.39, 0.29) is 17.5 Å². The molecule has 0 saturated heterocycles. The average molecular weight is 177 g/mol. The average Bonchev–Trinajstić information content (AvgIpc) is 2.02. The van der Waals surface area contributed by atoms with E-state index in [0.717, 1.165) is 11.6 Å². The number of fused-ring (bicyclic) bond motifs is 1. The third-order valence-electron chi connectivity index (χ3n) is 2.14. The van der Waals surface area contributed by atoms with Gasteiger partial charge < -0.3 is 10.2 Å². The minimum Gasteiger partial charge on any atom is -0.508 e. The Labute approximate surface area is 75.7 Å². The minimum absolute atomic E-state index is 0.0579. The molecule has 1 unspecified atom stereocenters. The van der Waals surface area contributed by atoms with Crippen molar-refractivity contribution in [1.82, 2.24) is 0 Å². The zero-order valence-corrected chi connectivity index (χ0v) is 7.36. The molecule has 0 fully saturated rings. The topological polar surface area (TPSA) is 52.8 Å². The molecular formula is C10H11NO2. The highest BCUT2D eigenvalue weighted by atomic mass is 16.3. The fourth-order valence-electron chi connectivity index (χ4n) is 1.50. The van der Waals surface area contributed by atoms with E-state index in [0.29, 0.717) is 5.36 Å². The van der Waals surface area contributed by atoms with Crippen molar-refractivity contribution in [2.24, 2.45) is 4.99 Å². The van der Waals surface area contributed by atoms with Crippen molar-refractivity contribution >= 4 is 6.08 Å². The van der Waals surface area contributed by atoms with Crippen LogP contribution >= 0.6 is 0 Å². The van der Waals surface area contributed by atoms with Gasteiger partial charge in [-0.15, -0.1) is 0 Å². The summed E-state index contributed by atoms with van der Waals surface area (Å²) in [5.41, 5.74) is 0. The summed E-state index contributed by atoms with van der Waals surface area (Å²) >= 11 is 0. The lowest BCUT2D eigenvalue weighted by molar-refractivity contribution is 0.445. The van der Waals surface area contributed by atoms with Crippen molar-refractivity contribution in [3.8, 4) is 11.5 Å². The van der Waals surface area contributed by atoms with E-state index < -0.39 is 0 Å². The summed E-state index contributed by atoms with van der Waals surface area (Å²) in [5.74, 6) is 0.160. The van der Waals surface area contributed by atoms with Crippen LogP contribution in [0.4, 0.5) is 0 Å². The van der Waals surface area contributed by atoms with Crippen molar-refractivity contribution in [2.75, 3.05) is 0 Å². The smallest absolute Gasteiger partial charge is 0.128 e. The molecule has 3 heteroatoms. The second-order valence-corrected chi connectivity index (χ2v) is 3.32. The van der Waals surface area contributed by atoms with Gasteiger partial charge in [0.1, 0.15) is 11.5 Å². The molecule has 13 heavy (non-hydrogen) atoms. The summed E-state index contributed by atoms with van der Waals surface area (Å²) < 4.78 is 0. The normalized spacial score (nSPS) is 19.9. The lowest BCUT2D eigenvalue weighted by Crippen LogP contribution is -2.30. The van der Waals surface area contributed by atoms with Gasteiger partial charge in [-0.25, -0.2) is 0 Å². The van der Waals surface area contributed by atoms with Crippen molar-refractivity contribution in [3.63, 3.8) is 0 Å². The number of phenols is 2. The molecule has 2 rings (SSSR count). The minimum atomic E-state index is 0.0579. The lowest BCUT2D eigenvalue weighted by atomic mass is 10.1. The summed E-state index contributed by atoms with van der Waals surface area (Å²) in [4.78, 5) is 4.32. The maximum absolute atomic E-state index is 9.47. The van der Waals surface area contributed by atoms with Crippen LogP contribution in [0, 0.1) is 0 Å². The van der Waals surface area contributed by atoms with Crippen molar-refractivity contribution in [3.05, 3.63) is 22.7 Å². The first kappa shape index (κ1) is 8.10. The Bertz CT molecular complexity index is 451. The predicted molar refractivity (Wildman–Crippen MR) is 49.1 cm³/mol. The summed E-state index contributed by atoms with van der Waals surface area (Å²) in [7, 11) is 0. The molecule has 68 valence electrons. The van der Waals surface area contributed by atoms with E-state index in [2.05, 4.69) is 4.99 Å². The summed E-state index contributed by atoms with van der Waals surface area (Å²) in [6.07, 6.45) is 2.78. The van der Waals surface area contributed by atoms with Crippen LogP contribution in [-0.4, -0.2) is 16.3 Å². The zero-order valence-electron chi connectivity index (χ0n) is 7.36. The van der Waals surface area contributed by atoms with Crippen LogP contribution < -0.4 is 10.6 Å². The van der Waals surface area contributed by atoms with E-state index in [4.69, 9.17) is 0 Å². The molecule has 1 aliphatic rings.